The van der Waals surface area contributed by atoms with Crippen LogP contribution in [-0.4, -0.2) is 56.0 Å². The smallest absolute Gasteiger partial charge is 0.323 e. The van der Waals surface area contributed by atoms with Gasteiger partial charge in [-0.25, -0.2) is 8.42 Å². The molecule has 0 aliphatic carbocycles. The van der Waals surface area contributed by atoms with Gasteiger partial charge in [-0.05, 0) is 32.7 Å². The number of esters is 1. The van der Waals surface area contributed by atoms with Crippen LogP contribution < -0.4 is 0 Å². The Bertz CT molecular complexity index is 392. The normalized spacial score (nSPS) is 32.8. The Morgan fingerprint density at radius 3 is 2.76 bits per heavy atom. The average molecular weight is 261 g/mol. The van der Waals surface area contributed by atoms with Gasteiger partial charge in [-0.1, -0.05) is 0 Å². The summed E-state index contributed by atoms with van der Waals surface area (Å²) < 4.78 is 28.0. The van der Waals surface area contributed by atoms with Gasteiger partial charge in [0.2, 0.25) is 0 Å². The first-order valence-electron chi connectivity index (χ1n) is 6.16. The highest BCUT2D eigenvalue weighted by Crippen LogP contribution is 2.27. The van der Waals surface area contributed by atoms with Crippen molar-refractivity contribution in [3.63, 3.8) is 0 Å². The van der Waals surface area contributed by atoms with Crippen LogP contribution in [0.3, 0.4) is 0 Å². The number of rotatable bonds is 3. The lowest BCUT2D eigenvalue weighted by Gasteiger charge is -2.27. The van der Waals surface area contributed by atoms with Crippen molar-refractivity contribution in [2.45, 2.75) is 38.3 Å². The summed E-state index contributed by atoms with van der Waals surface area (Å²) in [5.41, 5.74) is 0. The monoisotopic (exact) mass is 261 g/mol. The van der Waals surface area contributed by atoms with Crippen LogP contribution in [0.4, 0.5) is 0 Å². The molecule has 0 bridgehead atoms. The molecule has 5 nitrogen and oxygen atoms in total. The Morgan fingerprint density at radius 2 is 2.18 bits per heavy atom. The first kappa shape index (κ1) is 12.8. The Kier molecular flexibility index (Phi) is 3.73. The van der Waals surface area contributed by atoms with Crippen LogP contribution in [0.1, 0.15) is 26.2 Å². The van der Waals surface area contributed by atoms with Crippen molar-refractivity contribution in [3.8, 4) is 0 Å². The lowest BCUT2D eigenvalue weighted by molar-refractivity contribution is -0.149. The van der Waals surface area contributed by atoms with Crippen molar-refractivity contribution in [3.05, 3.63) is 0 Å². The van der Waals surface area contributed by atoms with Gasteiger partial charge in [0.1, 0.15) is 6.04 Å². The maximum atomic E-state index is 11.8. The van der Waals surface area contributed by atoms with E-state index < -0.39 is 9.84 Å². The van der Waals surface area contributed by atoms with Gasteiger partial charge in [0, 0.05) is 6.04 Å². The molecule has 0 aromatic heterocycles. The SMILES string of the molecule is CCOC(=O)C1CCCN1C1CCS(=O)(=O)C1. The van der Waals surface area contributed by atoms with E-state index in [1.165, 1.54) is 0 Å². The zero-order chi connectivity index (χ0) is 12.5. The van der Waals surface area contributed by atoms with Crippen LogP contribution in [-0.2, 0) is 19.4 Å². The standard InChI is InChI=1S/C11H19NO4S/c1-2-16-11(13)10-4-3-6-12(10)9-5-7-17(14,15)8-9/h9-10H,2-8H2,1H3. The Morgan fingerprint density at radius 1 is 1.41 bits per heavy atom. The largest absolute Gasteiger partial charge is 0.465 e. The molecule has 17 heavy (non-hydrogen) atoms. The highest BCUT2D eigenvalue weighted by molar-refractivity contribution is 7.91. The van der Waals surface area contributed by atoms with Crippen LogP contribution in [0, 0.1) is 0 Å². The van der Waals surface area contributed by atoms with E-state index in [-0.39, 0.29) is 29.6 Å². The molecule has 0 aromatic carbocycles. The zero-order valence-corrected chi connectivity index (χ0v) is 10.9. The fraction of sp³-hybridized carbons (Fsp3) is 0.909. The summed E-state index contributed by atoms with van der Waals surface area (Å²) >= 11 is 0. The second-order valence-electron chi connectivity index (χ2n) is 4.70. The van der Waals surface area contributed by atoms with Crippen LogP contribution in [0.2, 0.25) is 0 Å². The molecule has 0 N–H and O–H groups in total. The maximum Gasteiger partial charge on any atom is 0.323 e. The van der Waals surface area contributed by atoms with Gasteiger partial charge in [0.05, 0.1) is 18.1 Å². The molecule has 2 aliphatic rings. The van der Waals surface area contributed by atoms with Gasteiger partial charge < -0.3 is 4.74 Å². The van der Waals surface area contributed by atoms with E-state index in [0.29, 0.717) is 13.0 Å². The van der Waals surface area contributed by atoms with E-state index in [9.17, 15) is 13.2 Å². The summed E-state index contributed by atoms with van der Waals surface area (Å²) in [4.78, 5) is 13.8. The molecular weight excluding hydrogens is 242 g/mol. The number of ether oxygens (including phenoxy) is 1. The number of hydrogen-bond acceptors (Lipinski definition) is 5. The molecule has 2 atom stereocenters. The summed E-state index contributed by atoms with van der Waals surface area (Å²) in [6.45, 7) is 2.98. The van der Waals surface area contributed by atoms with E-state index in [1.807, 2.05) is 4.90 Å². The average Bonchev–Trinajstić information content (AvgIpc) is 2.84. The van der Waals surface area contributed by atoms with E-state index >= 15 is 0 Å². The van der Waals surface area contributed by atoms with Crippen molar-refractivity contribution in [2.75, 3.05) is 24.7 Å². The quantitative estimate of drug-likeness (QED) is 0.679. The Balaban J connectivity index is 2.03. The summed E-state index contributed by atoms with van der Waals surface area (Å²) in [7, 11) is -2.89. The molecule has 2 unspecified atom stereocenters. The molecule has 2 saturated heterocycles. The highest BCUT2D eigenvalue weighted by Gasteiger charge is 2.40. The van der Waals surface area contributed by atoms with E-state index in [2.05, 4.69) is 0 Å². The zero-order valence-electron chi connectivity index (χ0n) is 10.1. The summed E-state index contributed by atoms with van der Waals surface area (Å²) in [6, 6.07) is -0.217. The maximum absolute atomic E-state index is 11.8. The summed E-state index contributed by atoms with van der Waals surface area (Å²) in [5.74, 6) is 0.251. The third kappa shape index (κ3) is 2.80. The molecule has 2 heterocycles. The molecule has 0 aromatic rings. The number of carbonyl (C=O) groups excluding carboxylic acids is 1. The van der Waals surface area contributed by atoms with Crippen LogP contribution in [0.25, 0.3) is 0 Å². The van der Waals surface area contributed by atoms with Crippen molar-refractivity contribution < 1.29 is 17.9 Å². The minimum Gasteiger partial charge on any atom is -0.465 e. The third-order valence-electron chi connectivity index (χ3n) is 3.53. The number of carbonyl (C=O) groups is 1. The molecule has 6 heteroatoms. The lowest BCUT2D eigenvalue weighted by atomic mass is 10.1. The summed E-state index contributed by atoms with van der Waals surface area (Å²) in [6.07, 6.45) is 2.38. The van der Waals surface area contributed by atoms with Crippen molar-refractivity contribution >= 4 is 15.8 Å². The molecule has 0 radical (unpaired) electrons. The Labute approximate surface area is 102 Å². The van der Waals surface area contributed by atoms with Gasteiger partial charge in [0.15, 0.2) is 9.84 Å². The molecule has 98 valence electrons. The fourth-order valence-electron chi connectivity index (χ4n) is 2.75. The Hall–Kier alpha value is -0.620. The molecular formula is C11H19NO4S. The van der Waals surface area contributed by atoms with Gasteiger partial charge >= 0.3 is 5.97 Å². The van der Waals surface area contributed by atoms with E-state index in [1.54, 1.807) is 6.92 Å². The lowest BCUT2D eigenvalue weighted by Crippen LogP contribution is -2.44. The summed E-state index contributed by atoms with van der Waals surface area (Å²) in [5, 5.41) is 0. The molecule has 0 spiro atoms. The second kappa shape index (κ2) is 4.94. The van der Waals surface area contributed by atoms with Gasteiger partial charge in [-0.2, -0.15) is 0 Å². The molecule has 2 fully saturated rings. The van der Waals surface area contributed by atoms with Gasteiger partial charge in [0.25, 0.3) is 0 Å². The minimum atomic E-state index is -2.89. The van der Waals surface area contributed by atoms with Gasteiger partial charge in [-0.15, -0.1) is 0 Å². The molecule has 2 aliphatic heterocycles. The van der Waals surface area contributed by atoms with Gasteiger partial charge in [-0.3, -0.25) is 9.69 Å². The predicted octanol–water partition coefficient (Wildman–Crippen LogP) is 0.201. The number of likely N-dealkylation sites (tertiary alicyclic amines) is 1. The van der Waals surface area contributed by atoms with Crippen molar-refractivity contribution in [1.82, 2.24) is 4.90 Å². The van der Waals surface area contributed by atoms with E-state index in [4.69, 9.17) is 4.74 Å². The fourth-order valence-corrected chi connectivity index (χ4v) is 4.50. The number of sulfone groups is 1. The third-order valence-corrected chi connectivity index (χ3v) is 5.28. The highest BCUT2D eigenvalue weighted by atomic mass is 32.2. The predicted molar refractivity (Wildman–Crippen MR) is 63.4 cm³/mol. The van der Waals surface area contributed by atoms with Crippen LogP contribution in [0.5, 0.6) is 0 Å². The van der Waals surface area contributed by atoms with Crippen molar-refractivity contribution in [2.24, 2.45) is 0 Å². The van der Waals surface area contributed by atoms with E-state index in [0.717, 1.165) is 19.4 Å². The minimum absolute atomic E-state index is 0.0110. The van der Waals surface area contributed by atoms with Crippen molar-refractivity contribution in [1.29, 1.82) is 0 Å². The van der Waals surface area contributed by atoms with Crippen LogP contribution in [0.15, 0.2) is 0 Å². The number of hydrogen-bond donors (Lipinski definition) is 0. The molecule has 0 saturated carbocycles. The molecule has 2 rings (SSSR count). The first-order chi connectivity index (χ1) is 8.03. The molecule has 0 amide bonds. The van der Waals surface area contributed by atoms with Crippen LogP contribution >= 0.6 is 0 Å². The number of nitrogens with zero attached hydrogens (tertiary/aromatic N) is 1. The second-order valence-corrected chi connectivity index (χ2v) is 6.93. The first-order valence-corrected chi connectivity index (χ1v) is 7.98. The topological polar surface area (TPSA) is 63.7 Å².